The summed E-state index contributed by atoms with van der Waals surface area (Å²) in [6, 6.07) is 0. The van der Waals surface area contributed by atoms with Crippen molar-refractivity contribution < 1.29 is 40.5 Å². The standard InChI is InChI=1S/C13H25N3O3.CHF3O3S/c1-11(17)14(4)5-6-15(12(2)18)7-8-16-9-10-19-13(16)3;2-1(3,4)8(5,6)7/h13H,5-10H2,1-4H3;(H,5,6,7)/p-1. The van der Waals surface area contributed by atoms with Crippen molar-refractivity contribution in [2.24, 2.45) is 0 Å². The maximum absolute atomic E-state index is 11.6. The van der Waals surface area contributed by atoms with Crippen molar-refractivity contribution in [3.05, 3.63) is 0 Å². The van der Waals surface area contributed by atoms with E-state index in [9.17, 15) is 22.8 Å². The van der Waals surface area contributed by atoms with Crippen LogP contribution in [0.1, 0.15) is 20.8 Å². The Hall–Kier alpha value is -1.44. The zero-order valence-corrected chi connectivity index (χ0v) is 16.5. The van der Waals surface area contributed by atoms with Gasteiger partial charge < -0.3 is 19.1 Å². The molecule has 160 valence electrons. The number of carbonyl (C=O) groups is 2. The minimum atomic E-state index is -6.09. The summed E-state index contributed by atoms with van der Waals surface area (Å²) in [5.74, 6) is 0.0646. The molecule has 9 nitrogen and oxygen atoms in total. The van der Waals surface area contributed by atoms with E-state index in [1.165, 1.54) is 6.92 Å². The highest BCUT2D eigenvalue weighted by atomic mass is 32.2. The van der Waals surface area contributed by atoms with Gasteiger partial charge >= 0.3 is 5.51 Å². The average Bonchev–Trinajstić information content (AvgIpc) is 2.90. The molecular weight excluding hydrogens is 395 g/mol. The van der Waals surface area contributed by atoms with Crippen LogP contribution in [0.4, 0.5) is 13.2 Å². The van der Waals surface area contributed by atoms with Crippen LogP contribution in [0.15, 0.2) is 0 Å². The molecule has 0 aromatic carbocycles. The maximum atomic E-state index is 11.6. The van der Waals surface area contributed by atoms with Crippen molar-refractivity contribution in [2.45, 2.75) is 32.5 Å². The zero-order valence-electron chi connectivity index (χ0n) is 15.7. The van der Waals surface area contributed by atoms with E-state index in [0.29, 0.717) is 19.6 Å². The van der Waals surface area contributed by atoms with Gasteiger partial charge in [-0.2, -0.15) is 13.2 Å². The summed E-state index contributed by atoms with van der Waals surface area (Å²) in [6.45, 7) is 9.43. The van der Waals surface area contributed by atoms with Crippen LogP contribution in [0.3, 0.4) is 0 Å². The normalized spacial score (nSPS) is 17.9. The van der Waals surface area contributed by atoms with Crippen LogP contribution in [0.2, 0.25) is 0 Å². The van der Waals surface area contributed by atoms with Crippen LogP contribution in [0.5, 0.6) is 0 Å². The summed E-state index contributed by atoms with van der Waals surface area (Å²) in [5, 5.41) is 0. The Morgan fingerprint density at radius 1 is 1.19 bits per heavy atom. The number of rotatable bonds is 6. The molecule has 1 atom stereocenters. The number of alkyl halides is 3. The number of ether oxygens (including phenoxy) is 1. The van der Waals surface area contributed by atoms with Gasteiger partial charge in [-0.25, -0.2) is 8.42 Å². The van der Waals surface area contributed by atoms with Crippen LogP contribution in [0.25, 0.3) is 0 Å². The molecule has 0 aromatic heterocycles. The summed E-state index contributed by atoms with van der Waals surface area (Å²) in [6.07, 6.45) is 0.133. The van der Waals surface area contributed by atoms with E-state index >= 15 is 0 Å². The summed E-state index contributed by atoms with van der Waals surface area (Å²) in [5.41, 5.74) is -5.65. The molecule has 1 saturated heterocycles. The lowest BCUT2D eigenvalue weighted by Gasteiger charge is -2.27. The molecule has 0 N–H and O–H groups in total. The second kappa shape index (κ2) is 10.8. The Bertz CT molecular complexity index is 599. The van der Waals surface area contributed by atoms with Crippen molar-refractivity contribution in [1.29, 1.82) is 0 Å². The largest absolute Gasteiger partial charge is 0.741 e. The van der Waals surface area contributed by atoms with Gasteiger partial charge in [-0.15, -0.1) is 0 Å². The van der Waals surface area contributed by atoms with Gasteiger partial charge in [0.1, 0.15) is 6.23 Å². The third-order valence-electron chi connectivity index (χ3n) is 3.88. The molecule has 1 unspecified atom stereocenters. The van der Waals surface area contributed by atoms with Gasteiger partial charge in [0.2, 0.25) is 11.8 Å². The van der Waals surface area contributed by atoms with Gasteiger partial charge in [0, 0.05) is 53.6 Å². The third kappa shape index (κ3) is 9.89. The molecule has 1 rings (SSSR count). The first-order valence-electron chi connectivity index (χ1n) is 8.01. The molecule has 2 amide bonds. The number of hydrogen-bond acceptors (Lipinski definition) is 7. The molecular formula is C14H25F3N3O6S-. The van der Waals surface area contributed by atoms with Crippen molar-refractivity contribution in [3.8, 4) is 0 Å². The minimum Gasteiger partial charge on any atom is -0.741 e. The Morgan fingerprint density at radius 3 is 2.04 bits per heavy atom. The smallest absolute Gasteiger partial charge is 0.485 e. The highest BCUT2D eigenvalue weighted by Gasteiger charge is 2.36. The molecule has 1 aliphatic heterocycles. The number of carbonyl (C=O) groups excluding carboxylic acids is 2. The summed E-state index contributed by atoms with van der Waals surface area (Å²) in [7, 11) is -4.34. The number of amides is 2. The lowest BCUT2D eigenvalue weighted by atomic mass is 10.4. The predicted octanol–water partition coefficient (Wildman–Crippen LogP) is 0.0428. The van der Waals surface area contributed by atoms with Crippen LogP contribution in [0, 0.1) is 0 Å². The van der Waals surface area contributed by atoms with Gasteiger partial charge in [0.05, 0.1) is 6.61 Å². The fourth-order valence-corrected chi connectivity index (χ4v) is 2.03. The average molecular weight is 420 g/mol. The van der Waals surface area contributed by atoms with Crippen molar-refractivity contribution in [2.75, 3.05) is 46.4 Å². The molecule has 0 radical (unpaired) electrons. The van der Waals surface area contributed by atoms with Crippen molar-refractivity contribution >= 4 is 21.9 Å². The molecule has 0 saturated carbocycles. The molecule has 27 heavy (non-hydrogen) atoms. The molecule has 0 aromatic rings. The molecule has 0 bridgehead atoms. The molecule has 1 fully saturated rings. The van der Waals surface area contributed by atoms with Gasteiger partial charge in [0.15, 0.2) is 10.1 Å². The first-order valence-corrected chi connectivity index (χ1v) is 9.42. The van der Waals surface area contributed by atoms with E-state index in [1.807, 2.05) is 6.92 Å². The van der Waals surface area contributed by atoms with E-state index in [1.54, 1.807) is 23.8 Å². The van der Waals surface area contributed by atoms with Crippen molar-refractivity contribution in [1.82, 2.24) is 14.7 Å². The third-order valence-corrected chi connectivity index (χ3v) is 4.45. The quantitative estimate of drug-likeness (QED) is 0.441. The first-order chi connectivity index (χ1) is 12.2. The lowest BCUT2D eigenvalue weighted by Crippen LogP contribution is -2.42. The molecule has 0 spiro atoms. The van der Waals surface area contributed by atoms with Gasteiger partial charge in [-0.3, -0.25) is 14.5 Å². The van der Waals surface area contributed by atoms with E-state index in [2.05, 4.69) is 4.90 Å². The molecule has 0 aliphatic carbocycles. The minimum absolute atomic E-state index is 0.0186. The Labute approximate surface area is 156 Å². The highest BCUT2D eigenvalue weighted by Crippen LogP contribution is 2.20. The Balaban J connectivity index is 0.000000713. The molecule has 1 aliphatic rings. The summed E-state index contributed by atoms with van der Waals surface area (Å²) >= 11 is 0. The van der Waals surface area contributed by atoms with Crippen LogP contribution < -0.4 is 0 Å². The molecule has 1 heterocycles. The molecule has 13 heteroatoms. The number of likely N-dealkylation sites (N-methyl/N-ethyl adjacent to an activating group) is 1. The van der Waals surface area contributed by atoms with E-state index in [4.69, 9.17) is 17.7 Å². The van der Waals surface area contributed by atoms with Gasteiger partial charge in [-0.1, -0.05) is 0 Å². The topological polar surface area (TPSA) is 110 Å². The highest BCUT2D eigenvalue weighted by molar-refractivity contribution is 7.86. The van der Waals surface area contributed by atoms with Crippen LogP contribution in [-0.4, -0.2) is 97.6 Å². The van der Waals surface area contributed by atoms with E-state index in [-0.39, 0.29) is 18.0 Å². The number of halogens is 3. The maximum Gasteiger partial charge on any atom is 0.485 e. The van der Waals surface area contributed by atoms with Gasteiger partial charge in [0.25, 0.3) is 0 Å². The predicted molar refractivity (Wildman–Crippen MR) is 88.3 cm³/mol. The Morgan fingerprint density at radius 2 is 1.70 bits per heavy atom. The van der Waals surface area contributed by atoms with Crippen LogP contribution in [-0.2, 0) is 24.4 Å². The lowest BCUT2D eigenvalue weighted by molar-refractivity contribution is -0.132. The van der Waals surface area contributed by atoms with E-state index < -0.39 is 15.6 Å². The number of hydrogen-bond donors (Lipinski definition) is 0. The SMILES string of the molecule is CC(=O)N(C)CCN(CCN1CCOC1C)C(C)=O.O=S(=O)([O-])C(F)(F)F. The number of nitrogens with zero attached hydrogens (tertiary/aromatic N) is 3. The van der Waals surface area contributed by atoms with Crippen LogP contribution >= 0.6 is 0 Å². The first kappa shape index (κ1) is 25.6. The summed E-state index contributed by atoms with van der Waals surface area (Å²) < 4.78 is 64.4. The summed E-state index contributed by atoms with van der Waals surface area (Å²) in [4.78, 5) is 28.3. The Kier molecular flexibility index (Phi) is 10.2. The van der Waals surface area contributed by atoms with Crippen molar-refractivity contribution in [3.63, 3.8) is 0 Å². The zero-order chi connectivity index (χ0) is 21.4. The monoisotopic (exact) mass is 420 g/mol. The van der Waals surface area contributed by atoms with Gasteiger partial charge in [-0.05, 0) is 6.92 Å². The fraction of sp³-hybridized carbons (Fsp3) is 0.857. The second-order valence-corrected chi connectivity index (χ2v) is 7.22. The fourth-order valence-electron chi connectivity index (χ4n) is 2.03. The second-order valence-electron chi connectivity index (χ2n) is 5.85. The van der Waals surface area contributed by atoms with E-state index in [0.717, 1.165) is 19.7 Å².